The van der Waals surface area contributed by atoms with E-state index in [1.807, 2.05) is 6.07 Å². The van der Waals surface area contributed by atoms with Crippen LogP contribution >= 0.6 is 11.6 Å². The van der Waals surface area contributed by atoms with Gasteiger partial charge in [-0.1, -0.05) is 17.7 Å². The van der Waals surface area contributed by atoms with Gasteiger partial charge in [0.2, 0.25) is 0 Å². The summed E-state index contributed by atoms with van der Waals surface area (Å²) in [7, 11) is 0. The molecule has 1 aromatic rings. The molecule has 0 fully saturated rings. The fraction of sp³-hybridized carbons (Fsp3) is 0.385. The number of hydrogen-bond acceptors (Lipinski definition) is 2. The Morgan fingerprint density at radius 3 is 3.12 bits per heavy atom. The van der Waals surface area contributed by atoms with E-state index >= 15 is 0 Å². The molecule has 0 bridgehead atoms. The summed E-state index contributed by atoms with van der Waals surface area (Å²) in [4.78, 5) is 0. The largest absolute Gasteiger partial charge is 0.395 e. The van der Waals surface area contributed by atoms with Crippen molar-refractivity contribution < 1.29 is 5.11 Å². The Morgan fingerprint density at radius 2 is 2.31 bits per heavy atom. The van der Waals surface area contributed by atoms with Crippen molar-refractivity contribution >= 4 is 17.2 Å². The van der Waals surface area contributed by atoms with Crippen LogP contribution < -0.4 is 5.32 Å². The number of hydrogen-bond donors (Lipinski definition) is 2. The summed E-state index contributed by atoms with van der Waals surface area (Å²) in [5.41, 5.74) is 5.52. The zero-order valence-electron chi connectivity index (χ0n) is 8.96. The molecular weight excluding hydrogens is 222 g/mol. The second kappa shape index (κ2) is 3.88. The van der Waals surface area contributed by atoms with E-state index in [4.69, 9.17) is 11.6 Å². The summed E-state index contributed by atoms with van der Waals surface area (Å²) >= 11 is 6.04. The fourth-order valence-electron chi connectivity index (χ4n) is 2.65. The molecule has 1 aliphatic carbocycles. The topological polar surface area (TPSA) is 32.3 Å². The number of halogens is 1. The average Bonchev–Trinajstić information content (AvgIpc) is 2.66. The second-order valence-corrected chi connectivity index (χ2v) is 4.96. The number of fused-ring (bicyclic) bond motifs is 2. The molecule has 1 aliphatic heterocycles. The molecule has 1 aromatic carbocycles. The lowest BCUT2D eigenvalue weighted by Gasteiger charge is -2.24. The van der Waals surface area contributed by atoms with Crippen LogP contribution in [-0.2, 0) is 6.42 Å². The van der Waals surface area contributed by atoms with Crippen molar-refractivity contribution in [3.05, 3.63) is 39.9 Å². The minimum absolute atomic E-state index is 0.198. The Bertz CT molecular complexity index is 467. The lowest BCUT2D eigenvalue weighted by atomic mass is 9.95. The molecule has 16 heavy (non-hydrogen) atoms. The molecule has 0 saturated carbocycles. The normalized spacial score (nSPS) is 23.2. The van der Waals surface area contributed by atoms with E-state index in [-0.39, 0.29) is 12.6 Å². The van der Waals surface area contributed by atoms with Gasteiger partial charge < -0.3 is 10.4 Å². The van der Waals surface area contributed by atoms with E-state index in [0.29, 0.717) is 0 Å². The van der Waals surface area contributed by atoms with Gasteiger partial charge in [0.25, 0.3) is 0 Å². The van der Waals surface area contributed by atoms with Gasteiger partial charge >= 0.3 is 0 Å². The van der Waals surface area contributed by atoms with E-state index in [9.17, 15) is 5.11 Å². The third-order valence-electron chi connectivity index (χ3n) is 3.50. The van der Waals surface area contributed by atoms with Crippen LogP contribution in [0, 0.1) is 0 Å². The monoisotopic (exact) mass is 235 g/mol. The van der Waals surface area contributed by atoms with E-state index < -0.39 is 0 Å². The van der Waals surface area contributed by atoms with Crippen LogP contribution in [-0.4, -0.2) is 24.3 Å². The Labute approximate surface area is 99.9 Å². The van der Waals surface area contributed by atoms with Gasteiger partial charge in [0, 0.05) is 17.6 Å². The van der Waals surface area contributed by atoms with Crippen molar-refractivity contribution in [1.82, 2.24) is 5.32 Å². The van der Waals surface area contributed by atoms with Gasteiger partial charge in [-0.15, -0.1) is 0 Å². The molecule has 1 atom stereocenters. The molecule has 1 heterocycles. The summed E-state index contributed by atoms with van der Waals surface area (Å²) in [6.45, 7) is 1.10. The van der Waals surface area contributed by atoms with Gasteiger partial charge in [-0.25, -0.2) is 0 Å². The lowest BCUT2D eigenvalue weighted by Crippen LogP contribution is -2.37. The molecule has 2 nitrogen and oxygen atoms in total. The maximum Gasteiger partial charge on any atom is 0.0587 e. The summed E-state index contributed by atoms with van der Waals surface area (Å²) in [6, 6.07) is 6.32. The number of rotatable bonds is 1. The van der Waals surface area contributed by atoms with E-state index in [2.05, 4.69) is 17.4 Å². The third-order valence-corrected chi connectivity index (χ3v) is 3.74. The average molecular weight is 236 g/mol. The Balaban J connectivity index is 2.00. The van der Waals surface area contributed by atoms with Crippen molar-refractivity contribution in [1.29, 1.82) is 0 Å². The minimum Gasteiger partial charge on any atom is -0.395 e. The van der Waals surface area contributed by atoms with Gasteiger partial charge in [-0.05, 0) is 47.2 Å². The standard InChI is InChI=1S/C13H14ClNO/c14-10-2-1-8-3-9-6-15-11(7-16)5-13(9)12(8)4-10/h1-2,4,11,15-16H,3,5-7H2. The van der Waals surface area contributed by atoms with Gasteiger partial charge in [-0.2, -0.15) is 0 Å². The van der Waals surface area contributed by atoms with E-state index in [1.54, 1.807) is 0 Å². The first-order valence-electron chi connectivity index (χ1n) is 5.62. The highest BCUT2D eigenvalue weighted by Crippen LogP contribution is 2.38. The molecular formula is C13H14ClNO. The van der Waals surface area contributed by atoms with Crippen LogP contribution in [0.2, 0.25) is 5.02 Å². The molecule has 2 aliphatic rings. The van der Waals surface area contributed by atoms with Gasteiger partial charge in [-0.3, -0.25) is 0 Å². The lowest BCUT2D eigenvalue weighted by molar-refractivity contribution is 0.244. The predicted octanol–water partition coefficient (Wildman–Crippen LogP) is 2.00. The molecule has 0 spiro atoms. The predicted molar refractivity (Wildman–Crippen MR) is 65.6 cm³/mol. The van der Waals surface area contributed by atoms with Gasteiger partial charge in [0.15, 0.2) is 0 Å². The van der Waals surface area contributed by atoms with Crippen molar-refractivity contribution in [2.24, 2.45) is 0 Å². The SMILES string of the molecule is OCC1CC2=C(CN1)Cc1ccc(Cl)cc12. The van der Waals surface area contributed by atoms with E-state index in [0.717, 1.165) is 24.4 Å². The summed E-state index contributed by atoms with van der Waals surface area (Å²) in [5, 5.41) is 13.3. The van der Waals surface area contributed by atoms with Crippen molar-refractivity contribution in [3.8, 4) is 0 Å². The van der Waals surface area contributed by atoms with Gasteiger partial charge in [0.05, 0.1) is 6.61 Å². The number of aliphatic hydroxyl groups is 1. The van der Waals surface area contributed by atoms with Crippen molar-refractivity contribution in [2.75, 3.05) is 13.2 Å². The van der Waals surface area contributed by atoms with Crippen molar-refractivity contribution in [3.63, 3.8) is 0 Å². The molecule has 3 rings (SSSR count). The molecule has 0 radical (unpaired) electrons. The number of nitrogens with one attached hydrogen (secondary N) is 1. The highest BCUT2D eigenvalue weighted by atomic mass is 35.5. The van der Waals surface area contributed by atoms with Crippen LogP contribution in [0.15, 0.2) is 23.8 Å². The molecule has 2 N–H and O–H groups in total. The Hall–Kier alpha value is -0.830. The van der Waals surface area contributed by atoms with Crippen molar-refractivity contribution in [2.45, 2.75) is 18.9 Å². The zero-order chi connectivity index (χ0) is 11.1. The highest BCUT2D eigenvalue weighted by Gasteiger charge is 2.27. The van der Waals surface area contributed by atoms with E-state index in [1.165, 1.54) is 22.3 Å². The van der Waals surface area contributed by atoms with Crippen LogP contribution in [0.4, 0.5) is 0 Å². The molecule has 0 aromatic heterocycles. The zero-order valence-corrected chi connectivity index (χ0v) is 9.72. The molecule has 84 valence electrons. The Kier molecular flexibility index (Phi) is 2.51. The Morgan fingerprint density at radius 1 is 1.44 bits per heavy atom. The number of aliphatic hydroxyl groups excluding tert-OH is 1. The summed E-state index contributed by atoms with van der Waals surface area (Å²) < 4.78 is 0. The second-order valence-electron chi connectivity index (χ2n) is 4.52. The maximum atomic E-state index is 9.20. The minimum atomic E-state index is 0.198. The first-order valence-corrected chi connectivity index (χ1v) is 5.99. The molecule has 1 unspecified atom stereocenters. The molecule has 0 amide bonds. The molecule has 0 saturated heterocycles. The highest BCUT2D eigenvalue weighted by molar-refractivity contribution is 6.30. The van der Waals surface area contributed by atoms with Crippen LogP contribution in [0.3, 0.4) is 0 Å². The smallest absolute Gasteiger partial charge is 0.0587 e. The quantitative estimate of drug-likeness (QED) is 0.781. The number of benzene rings is 1. The maximum absolute atomic E-state index is 9.20. The summed E-state index contributed by atoms with van der Waals surface area (Å²) in [5.74, 6) is 0. The molecule has 3 heteroatoms. The van der Waals surface area contributed by atoms with Crippen LogP contribution in [0.25, 0.3) is 5.57 Å². The fourth-order valence-corrected chi connectivity index (χ4v) is 2.82. The first-order chi connectivity index (χ1) is 7.78. The third kappa shape index (κ3) is 1.58. The van der Waals surface area contributed by atoms with Crippen LogP contribution in [0.5, 0.6) is 0 Å². The van der Waals surface area contributed by atoms with Gasteiger partial charge in [0.1, 0.15) is 0 Å². The first kappa shape index (κ1) is 10.3. The summed E-state index contributed by atoms with van der Waals surface area (Å²) in [6.07, 6.45) is 1.95. The van der Waals surface area contributed by atoms with Crippen LogP contribution in [0.1, 0.15) is 17.5 Å².